The lowest BCUT2D eigenvalue weighted by Crippen LogP contribution is -2.00. The highest BCUT2D eigenvalue weighted by molar-refractivity contribution is 9.10. The Labute approximate surface area is 117 Å². The monoisotopic (exact) mass is 322 g/mol. The number of hydrogen-bond donors (Lipinski definition) is 1. The predicted molar refractivity (Wildman–Crippen MR) is 73.2 cm³/mol. The third-order valence-electron chi connectivity index (χ3n) is 2.74. The van der Waals surface area contributed by atoms with Crippen LogP contribution < -0.4 is 5.32 Å². The number of anilines is 2. The molecule has 0 bridgehead atoms. The van der Waals surface area contributed by atoms with Crippen LogP contribution in [0.25, 0.3) is 0 Å². The van der Waals surface area contributed by atoms with Gasteiger partial charge in [-0.15, -0.1) is 0 Å². The summed E-state index contributed by atoms with van der Waals surface area (Å²) in [7, 11) is 0. The molecule has 5 heteroatoms. The van der Waals surface area contributed by atoms with Crippen molar-refractivity contribution < 1.29 is 8.78 Å². The van der Waals surface area contributed by atoms with Crippen molar-refractivity contribution in [2.45, 2.75) is 6.92 Å². The summed E-state index contributed by atoms with van der Waals surface area (Å²) in [6.45, 7) is 1.85. The lowest BCUT2D eigenvalue weighted by molar-refractivity contribution is 0.509. The van der Waals surface area contributed by atoms with Gasteiger partial charge in [-0.05, 0) is 36.8 Å². The van der Waals surface area contributed by atoms with E-state index in [-0.39, 0.29) is 11.3 Å². The second kappa shape index (κ2) is 5.37. The van der Waals surface area contributed by atoms with Crippen LogP contribution in [-0.4, -0.2) is 0 Å². The third kappa shape index (κ3) is 2.59. The number of benzene rings is 2. The minimum absolute atomic E-state index is 0.00213. The topological polar surface area (TPSA) is 35.8 Å². The minimum Gasteiger partial charge on any atom is -0.353 e. The normalized spacial score (nSPS) is 10.1. The Balaban J connectivity index is 2.43. The van der Waals surface area contributed by atoms with Crippen LogP contribution in [0.5, 0.6) is 0 Å². The Kier molecular flexibility index (Phi) is 3.82. The van der Waals surface area contributed by atoms with Crippen molar-refractivity contribution >= 4 is 27.3 Å². The third-order valence-corrected chi connectivity index (χ3v) is 3.60. The number of halogens is 3. The zero-order chi connectivity index (χ0) is 14.0. The van der Waals surface area contributed by atoms with Crippen LogP contribution >= 0.6 is 15.9 Å². The van der Waals surface area contributed by atoms with Gasteiger partial charge in [0.1, 0.15) is 6.07 Å². The van der Waals surface area contributed by atoms with Crippen LogP contribution in [0.3, 0.4) is 0 Å². The maximum Gasteiger partial charge on any atom is 0.183 e. The second-order valence-electron chi connectivity index (χ2n) is 3.94. The summed E-state index contributed by atoms with van der Waals surface area (Å²) in [6, 6.07) is 9.59. The summed E-state index contributed by atoms with van der Waals surface area (Å²) in [6.07, 6.45) is 0. The average molecular weight is 323 g/mol. The highest BCUT2D eigenvalue weighted by Gasteiger charge is 2.14. The molecule has 0 atom stereocenters. The van der Waals surface area contributed by atoms with Crippen LogP contribution in [0.15, 0.2) is 34.8 Å². The quantitative estimate of drug-likeness (QED) is 0.873. The first-order chi connectivity index (χ1) is 9.04. The van der Waals surface area contributed by atoms with Gasteiger partial charge < -0.3 is 5.32 Å². The van der Waals surface area contributed by atoms with Gasteiger partial charge in [-0.1, -0.05) is 22.0 Å². The molecule has 0 spiro atoms. The van der Waals surface area contributed by atoms with Crippen molar-refractivity contribution in [2.24, 2.45) is 0 Å². The van der Waals surface area contributed by atoms with Gasteiger partial charge in [0.15, 0.2) is 11.6 Å². The molecule has 0 saturated heterocycles. The van der Waals surface area contributed by atoms with E-state index in [9.17, 15) is 8.78 Å². The van der Waals surface area contributed by atoms with Crippen LogP contribution in [-0.2, 0) is 0 Å². The van der Waals surface area contributed by atoms with Gasteiger partial charge in [0.05, 0.1) is 11.3 Å². The van der Waals surface area contributed by atoms with E-state index < -0.39 is 11.6 Å². The molecular formula is C14H9BrF2N2. The van der Waals surface area contributed by atoms with E-state index >= 15 is 0 Å². The number of hydrogen-bond acceptors (Lipinski definition) is 2. The van der Waals surface area contributed by atoms with Crippen molar-refractivity contribution in [1.29, 1.82) is 5.26 Å². The number of nitrogens with one attached hydrogen (secondary N) is 1. The molecule has 0 fully saturated rings. The molecule has 0 amide bonds. The summed E-state index contributed by atoms with van der Waals surface area (Å²) in [4.78, 5) is 0. The van der Waals surface area contributed by atoms with Crippen LogP contribution in [0.1, 0.15) is 11.1 Å². The molecule has 0 aliphatic heterocycles. The van der Waals surface area contributed by atoms with E-state index in [1.54, 1.807) is 18.2 Å². The summed E-state index contributed by atoms with van der Waals surface area (Å²) in [5.74, 6) is -2.20. The lowest BCUT2D eigenvalue weighted by Gasteiger charge is -2.12. The van der Waals surface area contributed by atoms with Crippen molar-refractivity contribution in [3.63, 3.8) is 0 Å². The Bertz CT molecular complexity index is 678. The summed E-state index contributed by atoms with van der Waals surface area (Å²) in [5.41, 5.74) is 1.23. The molecule has 0 radical (unpaired) electrons. The molecule has 0 aliphatic rings. The van der Waals surface area contributed by atoms with Crippen molar-refractivity contribution in [3.05, 3.63) is 57.6 Å². The molecule has 0 heterocycles. The molecule has 96 valence electrons. The Morgan fingerprint density at radius 2 is 1.84 bits per heavy atom. The van der Waals surface area contributed by atoms with Gasteiger partial charge in [0, 0.05) is 10.2 Å². The van der Waals surface area contributed by atoms with Crippen LogP contribution in [0, 0.1) is 29.9 Å². The maximum atomic E-state index is 13.8. The lowest BCUT2D eigenvalue weighted by atomic mass is 10.1. The van der Waals surface area contributed by atoms with Gasteiger partial charge in [-0.3, -0.25) is 0 Å². The van der Waals surface area contributed by atoms with Gasteiger partial charge >= 0.3 is 0 Å². The standard InChI is InChI=1S/C14H9BrF2N2/c1-8-10(15)3-2-4-11(8)19-12-6-5-9(7-18)13(16)14(12)17/h2-6,19H,1H3. The maximum absolute atomic E-state index is 13.8. The molecule has 0 unspecified atom stereocenters. The smallest absolute Gasteiger partial charge is 0.183 e. The fourth-order valence-corrected chi connectivity index (χ4v) is 1.99. The van der Waals surface area contributed by atoms with Gasteiger partial charge in [0.2, 0.25) is 0 Å². The van der Waals surface area contributed by atoms with Crippen LogP contribution in [0.4, 0.5) is 20.2 Å². The largest absolute Gasteiger partial charge is 0.353 e. The average Bonchev–Trinajstić information content (AvgIpc) is 2.40. The Morgan fingerprint density at radius 1 is 1.11 bits per heavy atom. The van der Waals surface area contributed by atoms with E-state index in [1.165, 1.54) is 12.1 Å². The summed E-state index contributed by atoms with van der Waals surface area (Å²) >= 11 is 3.36. The highest BCUT2D eigenvalue weighted by Crippen LogP contribution is 2.29. The number of nitrogens with zero attached hydrogens (tertiary/aromatic N) is 1. The minimum atomic E-state index is -1.14. The van der Waals surface area contributed by atoms with E-state index in [1.807, 2.05) is 13.0 Å². The van der Waals surface area contributed by atoms with E-state index in [4.69, 9.17) is 5.26 Å². The van der Waals surface area contributed by atoms with E-state index in [0.29, 0.717) is 5.69 Å². The number of nitriles is 1. The first-order valence-electron chi connectivity index (χ1n) is 5.45. The molecule has 0 aliphatic carbocycles. The molecule has 0 aromatic heterocycles. The molecule has 1 N–H and O–H groups in total. The molecule has 19 heavy (non-hydrogen) atoms. The molecule has 0 saturated carbocycles. The molecule has 2 nitrogen and oxygen atoms in total. The molecule has 2 aromatic rings. The molecule has 2 rings (SSSR count). The van der Waals surface area contributed by atoms with E-state index in [2.05, 4.69) is 21.2 Å². The van der Waals surface area contributed by atoms with Crippen LogP contribution in [0.2, 0.25) is 0 Å². The molecular weight excluding hydrogens is 314 g/mol. The van der Waals surface area contributed by atoms with Crippen molar-refractivity contribution in [3.8, 4) is 6.07 Å². The highest BCUT2D eigenvalue weighted by atomic mass is 79.9. The first-order valence-corrected chi connectivity index (χ1v) is 6.24. The fraction of sp³-hybridized carbons (Fsp3) is 0.0714. The first kappa shape index (κ1) is 13.5. The summed E-state index contributed by atoms with van der Waals surface area (Å²) in [5, 5.41) is 11.4. The van der Waals surface area contributed by atoms with Gasteiger partial charge in [-0.25, -0.2) is 8.78 Å². The van der Waals surface area contributed by atoms with E-state index in [0.717, 1.165) is 10.0 Å². The predicted octanol–water partition coefficient (Wildman–Crippen LogP) is 4.65. The fourth-order valence-electron chi connectivity index (χ4n) is 1.62. The zero-order valence-electron chi connectivity index (χ0n) is 9.97. The van der Waals surface area contributed by atoms with Crippen molar-refractivity contribution in [1.82, 2.24) is 0 Å². The van der Waals surface area contributed by atoms with Crippen molar-refractivity contribution in [2.75, 3.05) is 5.32 Å². The summed E-state index contributed by atoms with van der Waals surface area (Å²) < 4.78 is 28.1. The SMILES string of the molecule is Cc1c(Br)cccc1Nc1ccc(C#N)c(F)c1F. The second-order valence-corrected chi connectivity index (χ2v) is 4.79. The Morgan fingerprint density at radius 3 is 2.53 bits per heavy atom. The molecule has 2 aromatic carbocycles. The van der Waals surface area contributed by atoms with Gasteiger partial charge in [0.25, 0.3) is 0 Å². The number of rotatable bonds is 2. The Hall–Kier alpha value is -1.93. The zero-order valence-corrected chi connectivity index (χ0v) is 11.6. The van der Waals surface area contributed by atoms with Gasteiger partial charge in [-0.2, -0.15) is 5.26 Å².